The molecule has 1 fully saturated rings. The van der Waals surface area contributed by atoms with Crippen molar-refractivity contribution in [1.29, 1.82) is 0 Å². The molecule has 1 saturated heterocycles. The van der Waals surface area contributed by atoms with Crippen LogP contribution in [0.3, 0.4) is 0 Å². The molecule has 20 heavy (non-hydrogen) atoms. The highest BCUT2D eigenvalue weighted by molar-refractivity contribution is 5.07. The van der Waals surface area contributed by atoms with Gasteiger partial charge < -0.3 is 14.6 Å². The van der Waals surface area contributed by atoms with Crippen LogP contribution in [-0.2, 0) is 13.0 Å². The van der Waals surface area contributed by atoms with Crippen molar-refractivity contribution in [2.75, 3.05) is 19.6 Å². The number of hydrogen-bond acceptors (Lipinski definition) is 4. The average Bonchev–Trinajstić information content (AvgIpc) is 3.01. The van der Waals surface area contributed by atoms with Crippen LogP contribution in [-0.4, -0.2) is 50.5 Å². The summed E-state index contributed by atoms with van der Waals surface area (Å²) in [5.74, 6) is 2.85. The van der Waals surface area contributed by atoms with Gasteiger partial charge >= 0.3 is 0 Å². The number of aromatic nitrogens is 3. The van der Waals surface area contributed by atoms with Gasteiger partial charge in [0.05, 0.1) is 6.10 Å². The molecule has 0 radical (unpaired) electrons. The molecule has 0 unspecified atom stereocenters. The third kappa shape index (κ3) is 2.88. The molecule has 2 aliphatic rings. The molecule has 3 rings (SSSR count). The zero-order chi connectivity index (χ0) is 13.9. The van der Waals surface area contributed by atoms with Gasteiger partial charge in [-0.1, -0.05) is 13.3 Å². The molecule has 0 spiro atoms. The van der Waals surface area contributed by atoms with E-state index in [2.05, 4.69) is 26.6 Å². The van der Waals surface area contributed by atoms with Crippen molar-refractivity contribution in [3.63, 3.8) is 0 Å². The van der Waals surface area contributed by atoms with E-state index in [1.54, 1.807) is 0 Å². The lowest BCUT2D eigenvalue weighted by Gasteiger charge is -2.33. The van der Waals surface area contributed by atoms with E-state index in [0.717, 1.165) is 45.4 Å². The number of hydrogen-bond donors (Lipinski definition) is 1. The highest BCUT2D eigenvalue weighted by Gasteiger charge is 2.28. The van der Waals surface area contributed by atoms with Gasteiger partial charge in [0.2, 0.25) is 0 Å². The second kappa shape index (κ2) is 6.22. The van der Waals surface area contributed by atoms with E-state index in [0.29, 0.717) is 5.92 Å². The molecule has 0 aliphatic carbocycles. The van der Waals surface area contributed by atoms with E-state index in [-0.39, 0.29) is 6.10 Å². The molecule has 0 bridgehead atoms. The van der Waals surface area contributed by atoms with Gasteiger partial charge in [0, 0.05) is 32.0 Å². The van der Waals surface area contributed by atoms with Crippen molar-refractivity contribution in [2.24, 2.45) is 0 Å². The number of piperidine rings is 1. The normalized spacial score (nSPS) is 24.8. The highest BCUT2D eigenvalue weighted by atomic mass is 16.3. The smallest absolute Gasteiger partial charge is 0.137 e. The van der Waals surface area contributed by atoms with Crippen LogP contribution in [0.25, 0.3) is 0 Å². The monoisotopic (exact) mass is 278 g/mol. The van der Waals surface area contributed by atoms with Gasteiger partial charge in [0.25, 0.3) is 0 Å². The maximum Gasteiger partial charge on any atom is 0.137 e. The minimum atomic E-state index is -0.178. The van der Waals surface area contributed by atoms with Crippen LogP contribution in [0, 0.1) is 0 Å². The Morgan fingerprint density at radius 3 is 3.05 bits per heavy atom. The first-order valence-corrected chi connectivity index (χ1v) is 8.10. The Hall–Kier alpha value is -0.940. The number of rotatable bonds is 5. The molecule has 0 saturated carbocycles. The summed E-state index contributed by atoms with van der Waals surface area (Å²) in [6.45, 7) is 6.16. The summed E-state index contributed by atoms with van der Waals surface area (Å²) in [5, 5.41) is 18.8. The van der Waals surface area contributed by atoms with Gasteiger partial charge in [0.15, 0.2) is 0 Å². The number of likely N-dealkylation sites (tertiary alicyclic amines) is 1. The molecule has 3 heterocycles. The summed E-state index contributed by atoms with van der Waals surface area (Å²) < 4.78 is 2.33. The lowest BCUT2D eigenvalue weighted by Crippen LogP contribution is -2.40. The molecular formula is C15H26N4O. The van der Waals surface area contributed by atoms with Gasteiger partial charge in [-0.3, -0.25) is 0 Å². The molecule has 2 atom stereocenters. The number of β-amino-alcohol motifs (C(OH)–C–C–N with tert-alkyl or cyclic N) is 1. The topological polar surface area (TPSA) is 54.2 Å². The highest BCUT2D eigenvalue weighted by Crippen LogP contribution is 2.28. The van der Waals surface area contributed by atoms with Crippen molar-refractivity contribution in [1.82, 2.24) is 19.7 Å². The standard InChI is InChI=1S/C15H26N4O/c1-2-5-13(20)11-18-8-3-6-12(10-18)15-17-16-14-7-4-9-19(14)15/h12-13,20H,2-11H2,1H3/t12-,13+/m0/s1. The van der Waals surface area contributed by atoms with Gasteiger partial charge in [-0.25, -0.2) is 0 Å². The molecule has 1 aromatic heterocycles. The summed E-state index contributed by atoms with van der Waals surface area (Å²) in [7, 11) is 0. The van der Waals surface area contributed by atoms with Gasteiger partial charge in [-0.05, 0) is 32.2 Å². The largest absolute Gasteiger partial charge is 0.392 e. The quantitative estimate of drug-likeness (QED) is 0.888. The maximum atomic E-state index is 10.00. The predicted octanol–water partition coefficient (Wildman–Crippen LogP) is 1.56. The fraction of sp³-hybridized carbons (Fsp3) is 0.867. The lowest BCUT2D eigenvalue weighted by molar-refractivity contribution is 0.0876. The zero-order valence-corrected chi connectivity index (χ0v) is 12.5. The van der Waals surface area contributed by atoms with E-state index in [4.69, 9.17) is 0 Å². The Balaban J connectivity index is 1.63. The predicted molar refractivity (Wildman–Crippen MR) is 77.7 cm³/mol. The van der Waals surface area contributed by atoms with E-state index in [1.807, 2.05) is 0 Å². The van der Waals surface area contributed by atoms with Crippen molar-refractivity contribution >= 4 is 0 Å². The molecule has 0 amide bonds. The van der Waals surface area contributed by atoms with Crippen molar-refractivity contribution in [3.8, 4) is 0 Å². The minimum absolute atomic E-state index is 0.178. The van der Waals surface area contributed by atoms with E-state index in [1.165, 1.54) is 30.9 Å². The first-order valence-electron chi connectivity index (χ1n) is 8.10. The van der Waals surface area contributed by atoms with Gasteiger partial charge in [0.1, 0.15) is 11.6 Å². The maximum absolute atomic E-state index is 10.00. The van der Waals surface area contributed by atoms with E-state index in [9.17, 15) is 5.11 Å². The van der Waals surface area contributed by atoms with Crippen molar-refractivity contribution in [2.45, 2.75) is 64.0 Å². The average molecular weight is 278 g/mol. The molecule has 5 heteroatoms. The Morgan fingerprint density at radius 2 is 2.20 bits per heavy atom. The van der Waals surface area contributed by atoms with Crippen molar-refractivity contribution in [3.05, 3.63) is 11.6 Å². The second-order valence-corrected chi connectivity index (χ2v) is 6.27. The van der Waals surface area contributed by atoms with Crippen LogP contribution >= 0.6 is 0 Å². The van der Waals surface area contributed by atoms with Crippen LogP contribution in [0.1, 0.15) is 56.6 Å². The Labute approximate surface area is 121 Å². The molecule has 1 N–H and O–H groups in total. The first-order chi connectivity index (χ1) is 9.78. The number of aliphatic hydroxyl groups is 1. The molecular weight excluding hydrogens is 252 g/mol. The number of aliphatic hydroxyl groups excluding tert-OH is 1. The fourth-order valence-corrected chi connectivity index (χ4v) is 3.63. The SMILES string of the molecule is CCC[C@@H](O)CN1CCC[C@H](c2nnc3n2CCC3)C1. The second-order valence-electron chi connectivity index (χ2n) is 6.27. The van der Waals surface area contributed by atoms with Crippen LogP contribution in [0.2, 0.25) is 0 Å². The van der Waals surface area contributed by atoms with Crippen LogP contribution in [0.5, 0.6) is 0 Å². The summed E-state index contributed by atoms with van der Waals surface area (Å²) in [5.41, 5.74) is 0. The Kier molecular flexibility index (Phi) is 4.36. The van der Waals surface area contributed by atoms with E-state index >= 15 is 0 Å². The number of aryl methyl sites for hydroxylation is 1. The zero-order valence-electron chi connectivity index (χ0n) is 12.5. The molecule has 0 aromatic carbocycles. The third-order valence-corrected chi connectivity index (χ3v) is 4.60. The van der Waals surface area contributed by atoms with Gasteiger partial charge in [-0.2, -0.15) is 0 Å². The molecule has 2 aliphatic heterocycles. The van der Waals surface area contributed by atoms with E-state index < -0.39 is 0 Å². The van der Waals surface area contributed by atoms with Crippen LogP contribution in [0.4, 0.5) is 0 Å². The summed E-state index contributed by atoms with van der Waals surface area (Å²) >= 11 is 0. The van der Waals surface area contributed by atoms with Crippen LogP contribution < -0.4 is 0 Å². The van der Waals surface area contributed by atoms with Crippen LogP contribution in [0.15, 0.2) is 0 Å². The third-order valence-electron chi connectivity index (χ3n) is 4.60. The lowest BCUT2D eigenvalue weighted by atomic mass is 9.96. The first kappa shape index (κ1) is 14.0. The number of fused-ring (bicyclic) bond motifs is 1. The summed E-state index contributed by atoms with van der Waals surface area (Å²) in [6, 6.07) is 0. The molecule has 5 nitrogen and oxygen atoms in total. The Morgan fingerprint density at radius 1 is 1.30 bits per heavy atom. The fourth-order valence-electron chi connectivity index (χ4n) is 3.63. The molecule has 1 aromatic rings. The summed E-state index contributed by atoms with van der Waals surface area (Å²) in [6.07, 6.45) is 6.48. The number of nitrogens with zero attached hydrogens (tertiary/aromatic N) is 4. The van der Waals surface area contributed by atoms with Crippen molar-refractivity contribution < 1.29 is 5.11 Å². The molecule has 112 valence electrons. The minimum Gasteiger partial charge on any atom is -0.392 e. The van der Waals surface area contributed by atoms with Gasteiger partial charge in [-0.15, -0.1) is 10.2 Å². The summed E-state index contributed by atoms with van der Waals surface area (Å²) in [4.78, 5) is 2.41. The Bertz CT molecular complexity index is 445.